The molecular formula is C26H29F3N2O3. The second-order valence-electron chi connectivity index (χ2n) is 9.39. The SMILES string of the molecule is CC(C)(C)OC(=O)N1CCCC[C@H]1C[C@@H](Oc1ccc(C(F)(F)F)cc1)c1ccccc1C#N. The first-order chi connectivity index (χ1) is 16.0. The van der Waals surface area contributed by atoms with E-state index in [0.717, 1.165) is 31.4 Å². The van der Waals surface area contributed by atoms with Gasteiger partial charge in [0.2, 0.25) is 0 Å². The lowest BCUT2D eigenvalue weighted by molar-refractivity contribution is -0.137. The molecule has 1 aliphatic rings. The fourth-order valence-electron chi connectivity index (χ4n) is 4.06. The fourth-order valence-corrected chi connectivity index (χ4v) is 4.06. The Labute approximate surface area is 198 Å². The number of rotatable bonds is 5. The number of nitrogens with zero attached hydrogens (tertiary/aromatic N) is 2. The van der Waals surface area contributed by atoms with Gasteiger partial charge in [0.15, 0.2) is 0 Å². The van der Waals surface area contributed by atoms with E-state index < -0.39 is 29.5 Å². The van der Waals surface area contributed by atoms with E-state index in [1.54, 1.807) is 29.2 Å². The summed E-state index contributed by atoms with van der Waals surface area (Å²) in [7, 11) is 0. The molecule has 3 rings (SSSR count). The number of carbonyl (C=O) groups excluding carboxylic acids is 1. The average Bonchev–Trinajstić information content (AvgIpc) is 2.77. The summed E-state index contributed by atoms with van der Waals surface area (Å²) in [4.78, 5) is 14.6. The highest BCUT2D eigenvalue weighted by molar-refractivity contribution is 5.68. The number of benzene rings is 2. The molecule has 182 valence electrons. The van der Waals surface area contributed by atoms with E-state index in [0.29, 0.717) is 24.1 Å². The Morgan fingerprint density at radius 1 is 1.12 bits per heavy atom. The van der Waals surface area contributed by atoms with Crippen molar-refractivity contribution in [2.75, 3.05) is 6.54 Å². The molecule has 1 aliphatic heterocycles. The number of halogens is 3. The van der Waals surface area contributed by atoms with Crippen LogP contribution < -0.4 is 4.74 Å². The lowest BCUT2D eigenvalue weighted by atomic mass is 9.92. The van der Waals surface area contributed by atoms with Gasteiger partial charge in [0, 0.05) is 24.6 Å². The number of hydrogen-bond acceptors (Lipinski definition) is 4. The monoisotopic (exact) mass is 474 g/mol. The molecule has 1 fully saturated rings. The van der Waals surface area contributed by atoms with Gasteiger partial charge in [-0.05, 0) is 70.4 Å². The Morgan fingerprint density at radius 2 is 1.79 bits per heavy atom. The lowest BCUT2D eigenvalue weighted by Gasteiger charge is -2.38. The molecule has 0 unspecified atom stereocenters. The minimum Gasteiger partial charge on any atom is -0.486 e. The molecule has 34 heavy (non-hydrogen) atoms. The van der Waals surface area contributed by atoms with Crippen molar-refractivity contribution in [3.05, 3.63) is 65.2 Å². The number of nitriles is 1. The zero-order chi connectivity index (χ0) is 24.9. The van der Waals surface area contributed by atoms with Crippen LogP contribution >= 0.6 is 0 Å². The standard InChI is InChI=1S/C26H29F3N2O3/c1-25(2,3)34-24(32)31-15-7-6-9-20(31)16-23(22-10-5-4-8-18(22)17-30)33-21-13-11-19(12-14-21)26(27,28)29/h4-5,8,10-14,20,23H,6-7,9,15-16H2,1-3H3/t20-,23+/m0/s1. The maximum Gasteiger partial charge on any atom is 0.416 e. The highest BCUT2D eigenvalue weighted by atomic mass is 19.4. The Hall–Kier alpha value is -3.21. The van der Waals surface area contributed by atoms with Crippen molar-refractivity contribution in [3.8, 4) is 11.8 Å². The summed E-state index contributed by atoms with van der Waals surface area (Å²) in [5.74, 6) is 0.255. The molecule has 0 radical (unpaired) electrons. The van der Waals surface area contributed by atoms with Crippen LogP contribution in [0.3, 0.4) is 0 Å². The van der Waals surface area contributed by atoms with Crippen molar-refractivity contribution in [2.45, 2.75) is 70.4 Å². The normalized spacial score (nSPS) is 17.6. The number of hydrogen-bond donors (Lipinski definition) is 0. The number of alkyl halides is 3. The van der Waals surface area contributed by atoms with Crippen LogP contribution in [0.2, 0.25) is 0 Å². The summed E-state index contributed by atoms with van der Waals surface area (Å²) in [5, 5.41) is 9.62. The van der Waals surface area contributed by atoms with E-state index in [4.69, 9.17) is 9.47 Å². The van der Waals surface area contributed by atoms with Crippen LogP contribution in [0.5, 0.6) is 5.75 Å². The Morgan fingerprint density at radius 3 is 2.41 bits per heavy atom. The van der Waals surface area contributed by atoms with E-state index in [1.807, 2.05) is 20.8 Å². The van der Waals surface area contributed by atoms with Crippen LogP contribution in [0.4, 0.5) is 18.0 Å². The fraction of sp³-hybridized carbons (Fsp3) is 0.462. The van der Waals surface area contributed by atoms with Gasteiger partial charge in [-0.1, -0.05) is 18.2 Å². The van der Waals surface area contributed by atoms with Crippen LogP contribution in [0.25, 0.3) is 0 Å². The molecular weight excluding hydrogens is 445 g/mol. The van der Waals surface area contributed by atoms with Crippen molar-refractivity contribution >= 4 is 6.09 Å². The highest BCUT2D eigenvalue weighted by Gasteiger charge is 2.34. The molecule has 2 aromatic carbocycles. The van der Waals surface area contributed by atoms with Gasteiger partial charge >= 0.3 is 12.3 Å². The molecule has 0 N–H and O–H groups in total. The van der Waals surface area contributed by atoms with Crippen molar-refractivity contribution in [1.29, 1.82) is 5.26 Å². The predicted molar refractivity (Wildman–Crippen MR) is 121 cm³/mol. The first-order valence-electron chi connectivity index (χ1n) is 11.3. The van der Waals surface area contributed by atoms with Gasteiger partial charge in [0.25, 0.3) is 0 Å². The third-order valence-electron chi connectivity index (χ3n) is 5.63. The zero-order valence-corrected chi connectivity index (χ0v) is 19.6. The maximum atomic E-state index is 13.0. The number of ether oxygens (including phenoxy) is 2. The van der Waals surface area contributed by atoms with Gasteiger partial charge in [0.05, 0.1) is 17.2 Å². The van der Waals surface area contributed by atoms with Gasteiger partial charge in [-0.15, -0.1) is 0 Å². The van der Waals surface area contributed by atoms with Crippen molar-refractivity contribution < 1.29 is 27.4 Å². The van der Waals surface area contributed by atoms with E-state index in [2.05, 4.69) is 6.07 Å². The van der Waals surface area contributed by atoms with Crippen molar-refractivity contribution in [2.24, 2.45) is 0 Å². The highest BCUT2D eigenvalue weighted by Crippen LogP contribution is 2.35. The van der Waals surface area contributed by atoms with Crippen molar-refractivity contribution in [1.82, 2.24) is 4.90 Å². The molecule has 0 saturated carbocycles. The van der Waals surface area contributed by atoms with Crippen molar-refractivity contribution in [3.63, 3.8) is 0 Å². The Balaban J connectivity index is 1.89. The first-order valence-corrected chi connectivity index (χ1v) is 11.3. The summed E-state index contributed by atoms with van der Waals surface area (Å²) in [6.45, 7) is 5.98. The molecule has 2 atom stereocenters. The van der Waals surface area contributed by atoms with Gasteiger partial charge in [-0.2, -0.15) is 18.4 Å². The molecule has 1 amide bonds. The topological polar surface area (TPSA) is 62.6 Å². The van der Waals surface area contributed by atoms with Gasteiger partial charge in [-0.3, -0.25) is 0 Å². The van der Waals surface area contributed by atoms with Crippen LogP contribution in [-0.4, -0.2) is 29.2 Å². The molecule has 0 aromatic heterocycles. The Kier molecular flexibility index (Phi) is 7.75. The molecule has 1 heterocycles. The quantitative estimate of drug-likeness (QED) is 0.474. The minimum atomic E-state index is -4.44. The maximum absolute atomic E-state index is 13.0. The van der Waals surface area contributed by atoms with Crippen LogP contribution in [-0.2, 0) is 10.9 Å². The van der Waals surface area contributed by atoms with E-state index >= 15 is 0 Å². The second kappa shape index (κ2) is 10.4. The molecule has 0 spiro atoms. The minimum absolute atomic E-state index is 0.199. The van der Waals surface area contributed by atoms with E-state index in [-0.39, 0.29) is 11.8 Å². The second-order valence-corrected chi connectivity index (χ2v) is 9.39. The first kappa shape index (κ1) is 25.4. The summed E-state index contributed by atoms with van der Waals surface area (Å²) in [6, 6.07) is 13.4. The smallest absolute Gasteiger partial charge is 0.416 e. The van der Waals surface area contributed by atoms with E-state index in [1.165, 1.54) is 12.1 Å². The van der Waals surface area contributed by atoms with Crippen LogP contribution in [0.15, 0.2) is 48.5 Å². The van der Waals surface area contributed by atoms with Gasteiger partial charge < -0.3 is 14.4 Å². The zero-order valence-electron chi connectivity index (χ0n) is 19.6. The average molecular weight is 475 g/mol. The van der Waals surface area contributed by atoms with Crippen LogP contribution in [0, 0.1) is 11.3 Å². The summed E-state index contributed by atoms with van der Waals surface area (Å²) in [6.07, 6.45) is -2.59. The molecule has 1 saturated heterocycles. The molecule has 8 heteroatoms. The largest absolute Gasteiger partial charge is 0.486 e. The third-order valence-corrected chi connectivity index (χ3v) is 5.63. The number of piperidine rings is 1. The number of carbonyl (C=O) groups is 1. The number of likely N-dealkylation sites (tertiary alicyclic amines) is 1. The van der Waals surface area contributed by atoms with Gasteiger partial charge in [0.1, 0.15) is 17.5 Å². The summed E-state index contributed by atoms with van der Waals surface area (Å²) in [5.41, 5.74) is -0.362. The Bertz CT molecular complexity index is 1020. The molecule has 0 aliphatic carbocycles. The van der Waals surface area contributed by atoms with Gasteiger partial charge in [-0.25, -0.2) is 4.79 Å². The number of amides is 1. The van der Waals surface area contributed by atoms with Crippen LogP contribution in [0.1, 0.15) is 69.2 Å². The summed E-state index contributed by atoms with van der Waals surface area (Å²) >= 11 is 0. The summed E-state index contributed by atoms with van der Waals surface area (Å²) < 4.78 is 50.6. The lowest BCUT2D eigenvalue weighted by Crippen LogP contribution is -2.47. The van der Waals surface area contributed by atoms with E-state index in [9.17, 15) is 23.2 Å². The molecule has 0 bridgehead atoms. The molecule has 5 nitrogen and oxygen atoms in total. The predicted octanol–water partition coefficient (Wildman–Crippen LogP) is 6.88. The third kappa shape index (κ3) is 6.66. The molecule has 2 aromatic rings.